The second-order valence-corrected chi connectivity index (χ2v) is 45.9. The third kappa shape index (κ3) is 24.3. The predicted octanol–water partition coefficient (Wildman–Crippen LogP) is 33.3. The highest BCUT2D eigenvalue weighted by molar-refractivity contribution is 7.26. The third-order valence-corrected chi connectivity index (χ3v) is 21.8. The maximum Gasteiger partial charge on any atom is 0.0494 e. The highest BCUT2D eigenvalue weighted by Gasteiger charge is 2.41. The molecular weight excluding hydrogens is 1360 g/mol. The highest BCUT2D eigenvalue weighted by Crippen LogP contribution is 2.54. The lowest BCUT2D eigenvalue weighted by Crippen LogP contribution is -2.24. The van der Waals surface area contributed by atoms with E-state index in [9.17, 15) is 0 Å². The van der Waals surface area contributed by atoms with E-state index in [0.29, 0.717) is 5.41 Å². The maximum absolute atomic E-state index is 4.52. The molecule has 0 unspecified atom stereocenters. The number of hydrogen-bond donors (Lipinski definition) is 0. The van der Waals surface area contributed by atoms with Crippen molar-refractivity contribution < 1.29 is 0 Å². The van der Waals surface area contributed by atoms with Crippen molar-refractivity contribution in [1.82, 2.24) is 4.98 Å². The quantitative estimate of drug-likeness (QED) is 0.160. The van der Waals surface area contributed by atoms with E-state index in [-0.39, 0.29) is 65.0 Å². The van der Waals surface area contributed by atoms with Crippen molar-refractivity contribution in [2.75, 3.05) is 0 Å². The van der Waals surface area contributed by atoms with Crippen LogP contribution in [0.2, 0.25) is 0 Å². The smallest absolute Gasteiger partial charge is 0.0494 e. The van der Waals surface area contributed by atoms with E-state index in [2.05, 4.69) is 469 Å². The summed E-state index contributed by atoms with van der Waals surface area (Å²) < 4.78 is 2.86. The molecule has 0 saturated carbocycles. The first-order chi connectivity index (χ1) is 50.4. The second-order valence-electron chi connectivity index (χ2n) is 44.9. The summed E-state index contributed by atoms with van der Waals surface area (Å²) in [4.78, 5) is 4.52. The fourth-order valence-electron chi connectivity index (χ4n) is 15.1. The van der Waals surface area contributed by atoms with Gasteiger partial charge in [0, 0.05) is 42.9 Å². The van der Waals surface area contributed by atoms with Gasteiger partial charge in [0.1, 0.15) is 0 Å². The molecule has 2 heterocycles. The number of thiophene rings is 1. The summed E-state index contributed by atoms with van der Waals surface area (Å²) in [5.41, 5.74) is 26.9. The first-order valence-corrected chi connectivity index (χ1v) is 42.2. The first-order valence-electron chi connectivity index (χ1n) is 41.4. The number of benzene rings is 9. The van der Waals surface area contributed by atoms with Crippen molar-refractivity contribution in [3.05, 3.63) is 279 Å². The van der Waals surface area contributed by atoms with Gasteiger partial charge in [-0.1, -0.05) is 458 Å². The van der Waals surface area contributed by atoms with Gasteiger partial charge in [0.25, 0.3) is 0 Å². The van der Waals surface area contributed by atoms with Crippen molar-refractivity contribution >= 4 is 42.3 Å². The summed E-state index contributed by atoms with van der Waals surface area (Å²) in [6.45, 7) is 89.0. The Labute approximate surface area is 684 Å². The molecule has 111 heavy (non-hydrogen) atoms. The molecule has 0 saturated heterocycles. The van der Waals surface area contributed by atoms with E-state index in [1.807, 2.05) is 23.6 Å². The fourth-order valence-corrected chi connectivity index (χ4v) is 16.6. The van der Waals surface area contributed by atoms with E-state index in [1.165, 1.54) is 126 Å². The molecule has 0 atom stereocenters. The van der Waals surface area contributed by atoms with Crippen LogP contribution < -0.4 is 0 Å². The lowest BCUT2D eigenvalue weighted by molar-refractivity contribution is 0.469. The van der Waals surface area contributed by atoms with Gasteiger partial charge in [-0.05, 0) is 171 Å². The fraction of sp³-hybridized carbons (Fsp3) is 0.477. The van der Waals surface area contributed by atoms with E-state index in [4.69, 9.17) is 0 Å². The average molecular weight is 1510 g/mol. The molecule has 0 fully saturated rings. The zero-order chi connectivity index (χ0) is 84.2. The summed E-state index contributed by atoms with van der Waals surface area (Å²) in [5.74, 6) is 0. The Kier molecular flexibility index (Phi) is 28.6. The molecule has 2 aromatic heterocycles. The average Bonchev–Trinajstić information content (AvgIpc) is 1.57. The van der Waals surface area contributed by atoms with Crippen LogP contribution in [0.3, 0.4) is 0 Å². The zero-order valence-corrected chi connectivity index (χ0v) is 78.3. The summed E-state index contributed by atoms with van der Waals surface area (Å²) in [6, 6.07) is 72.8. The Bertz CT molecular complexity index is 4800. The van der Waals surface area contributed by atoms with Crippen LogP contribution in [-0.4, -0.2) is 4.98 Å². The zero-order valence-electron chi connectivity index (χ0n) is 77.5. The van der Waals surface area contributed by atoms with Crippen molar-refractivity contribution in [2.45, 2.75) is 335 Å². The van der Waals surface area contributed by atoms with Gasteiger partial charge in [0.15, 0.2) is 0 Å². The second kappa shape index (κ2) is 34.4. The minimum absolute atomic E-state index is 0.0857. The number of pyridine rings is 1. The van der Waals surface area contributed by atoms with Gasteiger partial charge in [-0.3, -0.25) is 4.98 Å². The van der Waals surface area contributed by atoms with Crippen molar-refractivity contribution in [2.24, 2.45) is 5.41 Å². The van der Waals surface area contributed by atoms with Crippen LogP contribution in [0.4, 0.5) is 0 Å². The summed E-state index contributed by atoms with van der Waals surface area (Å²) in [7, 11) is 0. The van der Waals surface area contributed by atoms with Crippen molar-refractivity contribution in [1.29, 1.82) is 0 Å². The third-order valence-electron chi connectivity index (χ3n) is 20.6. The van der Waals surface area contributed by atoms with Crippen LogP contribution in [0.25, 0.3) is 53.2 Å². The first kappa shape index (κ1) is 92.5. The molecule has 598 valence electrons. The molecule has 0 radical (unpaired) electrons. The molecule has 11 aromatic rings. The largest absolute Gasteiger partial charge is 0.260 e. The van der Waals surface area contributed by atoms with Gasteiger partial charge in [0.2, 0.25) is 0 Å². The molecule has 1 aliphatic carbocycles. The maximum atomic E-state index is 4.52. The van der Waals surface area contributed by atoms with Gasteiger partial charge in [-0.25, -0.2) is 0 Å². The highest BCUT2D eigenvalue weighted by atomic mass is 32.1. The molecule has 2 heteroatoms. The molecule has 12 rings (SSSR count). The lowest BCUT2D eigenvalue weighted by atomic mass is 9.71. The SMILES string of the molecule is CC(C)(C)C.CC(C)(C)c1ccc2c(c1C(C)(C)C)-c1ccccc1C2(C)C.CC(C)(C)c1ccc2c(sc3ccccc32)c1C(C)(C)C.CC(C)(C)c1ccc2ccccc2c1C(C)(C)C.CC(C)(C)c1cccc(C(C)(C)C)c1.CC(C)(C)c1ccccc1-c1ccccc1.CC(C)(C)c1cccnc1C(C)(C)C. The normalized spacial score (nSPS) is 13.4. The van der Waals surface area contributed by atoms with E-state index in [1.54, 1.807) is 0 Å². The van der Waals surface area contributed by atoms with Gasteiger partial charge in [0.05, 0.1) is 0 Å². The van der Waals surface area contributed by atoms with Gasteiger partial charge >= 0.3 is 0 Å². The number of nitrogens with zero attached hydrogens (tertiary/aromatic N) is 1. The summed E-state index contributed by atoms with van der Waals surface area (Å²) in [5, 5.41) is 5.55. The van der Waals surface area contributed by atoms with Crippen LogP contribution in [0, 0.1) is 5.41 Å². The standard InChI is InChI=1S/C23H30.C20H24S.C18H24.C16H18.C14H22.C13H21N.C5H12/c1-21(2,3)18-14-13-17-19(20(18)22(4,5)6)15-11-9-10-12-16(15)23(17,7)8;1-19(2,3)15-12-11-14-13-9-7-8-10-16(13)21-18(14)17(15)20(4,5)6;1-17(2,3)15-12-11-13-9-7-8-10-14(13)16(15)18(4,5)6;1-16(2,3)15-12-8-7-11-14(15)13-9-5-4-6-10-13;1-13(2,3)11-8-7-9-12(10-11)14(4,5)6;1-12(2,3)10-8-7-9-14-11(10)13(4,5)6;1-5(2,3)4/h9-14H,1-8H3;7-12H,1-6H3;7-12H,1-6H3;4-12H,1-3H3;7-10H,1-6H3;7-9H,1-6H3;1-4H3. The van der Waals surface area contributed by atoms with Crippen LogP contribution in [0.5, 0.6) is 0 Å². The van der Waals surface area contributed by atoms with Crippen molar-refractivity contribution in [3.63, 3.8) is 0 Å². The van der Waals surface area contributed by atoms with Crippen LogP contribution in [-0.2, 0) is 65.0 Å². The molecule has 0 aliphatic heterocycles. The Morgan fingerprint density at radius 1 is 0.270 bits per heavy atom. The number of hydrogen-bond acceptors (Lipinski definition) is 2. The molecule has 0 amide bonds. The van der Waals surface area contributed by atoms with Crippen LogP contribution in [0.15, 0.2) is 206 Å². The van der Waals surface area contributed by atoms with Crippen LogP contribution in [0.1, 0.15) is 342 Å². The van der Waals surface area contributed by atoms with Crippen molar-refractivity contribution in [3.8, 4) is 22.3 Å². The van der Waals surface area contributed by atoms with E-state index in [0.717, 1.165) is 0 Å². The Balaban J connectivity index is 0.000000207. The molecular formula is C109H151NS. The molecule has 0 N–H and O–H groups in total. The predicted molar refractivity (Wildman–Crippen MR) is 501 cm³/mol. The van der Waals surface area contributed by atoms with E-state index >= 15 is 0 Å². The molecule has 0 spiro atoms. The van der Waals surface area contributed by atoms with Gasteiger partial charge < -0.3 is 0 Å². The Morgan fingerprint density at radius 3 is 1.15 bits per heavy atom. The minimum Gasteiger partial charge on any atom is -0.260 e. The number of rotatable bonds is 1. The Hall–Kier alpha value is -7.39. The lowest BCUT2D eigenvalue weighted by Gasteiger charge is -2.33. The molecule has 1 aliphatic rings. The molecule has 1 nitrogen and oxygen atoms in total. The summed E-state index contributed by atoms with van der Waals surface area (Å²) in [6.07, 6.45) is 1.88. The van der Waals surface area contributed by atoms with Crippen LogP contribution >= 0.6 is 11.3 Å². The van der Waals surface area contributed by atoms with Gasteiger partial charge in [-0.2, -0.15) is 0 Å². The van der Waals surface area contributed by atoms with Gasteiger partial charge in [-0.15, -0.1) is 11.3 Å². The molecule has 0 bridgehead atoms. The van der Waals surface area contributed by atoms with E-state index < -0.39 is 0 Å². The molecule has 9 aromatic carbocycles. The summed E-state index contributed by atoms with van der Waals surface area (Å²) >= 11 is 1.95. The topological polar surface area (TPSA) is 12.9 Å². The Morgan fingerprint density at radius 2 is 0.676 bits per heavy atom. The monoisotopic (exact) mass is 1510 g/mol. The number of aromatic nitrogens is 1. The number of fused-ring (bicyclic) bond motifs is 7. The minimum atomic E-state index is 0.0857.